The molecule has 0 radical (unpaired) electrons. The average Bonchev–Trinajstić information content (AvgIpc) is 3.49. The zero-order valence-electron chi connectivity index (χ0n) is 20.2. The van der Waals surface area contributed by atoms with Crippen molar-refractivity contribution < 1.29 is 37.3 Å². The summed E-state index contributed by atoms with van der Waals surface area (Å²) in [5, 5.41) is 12.5. The SMILES string of the molecule is CC(C(=O)O)[C@@H]1COc2cc(N(C(=O)C(F)(F)F)[C@@H]3COc4c(Nc5ccccc5N)cccc43)ccc21. The number of carboxylic acids is 1. The van der Waals surface area contributed by atoms with E-state index in [9.17, 15) is 27.9 Å². The van der Waals surface area contributed by atoms with Gasteiger partial charge in [-0.15, -0.1) is 0 Å². The molecule has 2 aliphatic rings. The van der Waals surface area contributed by atoms with Crippen LogP contribution < -0.4 is 25.4 Å². The summed E-state index contributed by atoms with van der Waals surface area (Å²) in [6.45, 7) is 1.41. The summed E-state index contributed by atoms with van der Waals surface area (Å²) in [5.41, 5.74) is 8.49. The van der Waals surface area contributed by atoms with E-state index in [4.69, 9.17) is 15.2 Å². The molecule has 8 nitrogen and oxygen atoms in total. The van der Waals surface area contributed by atoms with Gasteiger partial charge in [0.15, 0.2) is 0 Å². The summed E-state index contributed by atoms with van der Waals surface area (Å²) in [6.07, 6.45) is -5.16. The van der Waals surface area contributed by atoms with Gasteiger partial charge in [-0.2, -0.15) is 13.2 Å². The second-order valence-electron chi connectivity index (χ2n) is 9.20. The summed E-state index contributed by atoms with van der Waals surface area (Å²) >= 11 is 0. The Hall–Kier alpha value is -4.41. The lowest BCUT2D eigenvalue weighted by Crippen LogP contribution is -2.44. The summed E-state index contributed by atoms with van der Waals surface area (Å²) in [5.74, 6) is -3.72. The molecule has 3 aromatic rings. The molecule has 2 aliphatic heterocycles. The highest BCUT2D eigenvalue weighted by Gasteiger charge is 2.48. The van der Waals surface area contributed by atoms with Crippen molar-refractivity contribution in [1.29, 1.82) is 0 Å². The molecule has 0 fully saturated rings. The molecule has 0 bridgehead atoms. The first-order valence-electron chi connectivity index (χ1n) is 11.8. The molecule has 5 rings (SSSR count). The molecule has 1 amide bonds. The molecular formula is C27H24F3N3O5. The van der Waals surface area contributed by atoms with Crippen molar-refractivity contribution in [2.45, 2.75) is 25.1 Å². The van der Waals surface area contributed by atoms with Crippen LogP contribution in [-0.2, 0) is 9.59 Å². The van der Waals surface area contributed by atoms with Crippen molar-refractivity contribution in [2.24, 2.45) is 5.92 Å². The topological polar surface area (TPSA) is 114 Å². The number of carbonyl (C=O) groups is 2. The number of anilines is 4. The maximum Gasteiger partial charge on any atom is 0.471 e. The van der Waals surface area contributed by atoms with Gasteiger partial charge in [-0.25, -0.2) is 0 Å². The molecule has 0 aliphatic carbocycles. The number of hydrogen-bond acceptors (Lipinski definition) is 6. The average molecular weight is 527 g/mol. The van der Waals surface area contributed by atoms with Crippen LogP contribution in [0.4, 0.5) is 35.9 Å². The quantitative estimate of drug-likeness (QED) is 0.376. The van der Waals surface area contributed by atoms with Gasteiger partial charge in [0.2, 0.25) is 0 Å². The molecule has 3 aromatic carbocycles. The molecule has 0 saturated carbocycles. The smallest absolute Gasteiger partial charge is 0.471 e. The third-order valence-corrected chi connectivity index (χ3v) is 6.88. The van der Waals surface area contributed by atoms with Crippen LogP contribution in [0.1, 0.15) is 30.0 Å². The molecule has 11 heteroatoms. The molecule has 0 saturated heterocycles. The number of nitrogen functional groups attached to an aromatic ring is 1. The summed E-state index contributed by atoms with van der Waals surface area (Å²) in [6, 6.07) is 15.1. The number of para-hydroxylation sites is 3. The van der Waals surface area contributed by atoms with E-state index in [1.54, 1.807) is 49.4 Å². The lowest BCUT2D eigenvalue weighted by molar-refractivity contribution is -0.171. The molecule has 0 aromatic heterocycles. The minimum atomic E-state index is -5.16. The van der Waals surface area contributed by atoms with Crippen LogP contribution in [0.25, 0.3) is 0 Å². The molecule has 3 atom stereocenters. The second kappa shape index (κ2) is 9.47. The number of carbonyl (C=O) groups excluding carboxylic acids is 1. The monoisotopic (exact) mass is 527 g/mol. The highest BCUT2D eigenvalue weighted by molar-refractivity contribution is 5.98. The van der Waals surface area contributed by atoms with E-state index < -0.39 is 35.9 Å². The van der Waals surface area contributed by atoms with Crippen LogP contribution in [0.2, 0.25) is 0 Å². The highest BCUT2D eigenvalue weighted by atomic mass is 19.4. The van der Waals surface area contributed by atoms with Crippen LogP contribution in [0.3, 0.4) is 0 Å². The van der Waals surface area contributed by atoms with E-state index in [0.717, 1.165) is 0 Å². The first-order chi connectivity index (χ1) is 18.1. The number of fused-ring (bicyclic) bond motifs is 2. The predicted octanol–water partition coefficient (Wildman–Crippen LogP) is 5.24. The molecule has 2 heterocycles. The number of nitrogens with two attached hydrogens (primary N) is 1. The van der Waals surface area contributed by atoms with Crippen molar-refractivity contribution in [3.8, 4) is 11.5 Å². The van der Waals surface area contributed by atoms with E-state index in [2.05, 4.69) is 5.32 Å². The van der Waals surface area contributed by atoms with Gasteiger partial charge in [-0.3, -0.25) is 14.5 Å². The Morgan fingerprint density at radius 2 is 1.76 bits per heavy atom. The fourth-order valence-corrected chi connectivity index (χ4v) is 4.83. The summed E-state index contributed by atoms with van der Waals surface area (Å²) in [4.78, 5) is 24.9. The van der Waals surface area contributed by atoms with Crippen molar-refractivity contribution in [3.63, 3.8) is 0 Å². The van der Waals surface area contributed by atoms with E-state index in [-0.39, 0.29) is 24.7 Å². The molecular weight excluding hydrogens is 503 g/mol. The van der Waals surface area contributed by atoms with Gasteiger partial charge in [-0.05, 0) is 24.3 Å². The number of amides is 1. The maximum atomic E-state index is 13.8. The van der Waals surface area contributed by atoms with Crippen molar-refractivity contribution in [3.05, 3.63) is 71.8 Å². The standard InChI is InChI=1S/C27H24F3N3O5/c1-14(25(34)35)18-12-37-23-11-15(9-10-16(18)23)33(26(36)27(28,29)30)22-13-38-24-17(22)5-4-8-21(24)32-20-7-3-2-6-19(20)31/h2-11,14,18,22,32H,12-13,31H2,1H3,(H,34,35)/t14?,18-,22+/m0/s1. The predicted molar refractivity (Wildman–Crippen MR) is 134 cm³/mol. The minimum Gasteiger partial charge on any atom is -0.493 e. The van der Waals surface area contributed by atoms with E-state index >= 15 is 0 Å². The maximum absolute atomic E-state index is 13.8. The van der Waals surface area contributed by atoms with Gasteiger partial charge in [0, 0.05) is 28.8 Å². The zero-order valence-corrected chi connectivity index (χ0v) is 20.2. The Morgan fingerprint density at radius 1 is 1.03 bits per heavy atom. The Labute approximate surface area is 215 Å². The number of rotatable bonds is 6. The first kappa shape index (κ1) is 25.2. The van der Waals surface area contributed by atoms with Crippen LogP contribution in [0, 0.1) is 5.92 Å². The van der Waals surface area contributed by atoms with E-state index in [1.807, 2.05) is 0 Å². The number of alkyl halides is 3. The van der Waals surface area contributed by atoms with Crippen molar-refractivity contribution >= 4 is 34.6 Å². The fourth-order valence-electron chi connectivity index (χ4n) is 4.83. The van der Waals surface area contributed by atoms with E-state index in [1.165, 1.54) is 18.2 Å². The van der Waals surface area contributed by atoms with Crippen LogP contribution in [0.5, 0.6) is 11.5 Å². The Kier molecular flexibility index (Phi) is 6.29. The fraction of sp³-hybridized carbons (Fsp3) is 0.259. The number of nitrogens with one attached hydrogen (secondary N) is 1. The Balaban J connectivity index is 1.53. The molecule has 4 N–H and O–H groups in total. The highest BCUT2D eigenvalue weighted by Crippen LogP contribution is 2.47. The third kappa shape index (κ3) is 4.44. The summed E-state index contributed by atoms with van der Waals surface area (Å²) in [7, 11) is 0. The lowest BCUT2D eigenvalue weighted by atomic mass is 9.89. The number of halogens is 3. The van der Waals surface area contributed by atoms with Gasteiger partial charge in [0.1, 0.15) is 18.1 Å². The number of hydrogen-bond donors (Lipinski definition) is 3. The largest absolute Gasteiger partial charge is 0.493 e. The Morgan fingerprint density at radius 3 is 2.47 bits per heavy atom. The van der Waals surface area contributed by atoms with Gasteiger partial charge in [0.25, 0.3) is 0 Å². The van der Waals surface area contributed by atoms with Gasteiger partial charge in [0.05, 0.1) is 35.6 Å². The number of benzene rings is 3. The Bertz CT molecular complexity index is 1410. The number of ether oxygens (including phenoxy) is 2. The number of carboxylic acid groups (broad SMARTS) is 1. The van der Waals surface area contributed by atoms with Crippen LogP contribution >= 0.6 is 0 Å². The zero-order chi connectivity index (χ0) is 27.2. The molecule has 198 valence electrons. The normalized spacial score (nSPS) is 18.5. The number of nitrogens with zero attached hydrogens (tertiary/aromatic N) is 1. The number of aliphatic carboxylic acids is 1. The van der Waals surface area contributed by atoms with Gasteiger partial charge < -0.3 is 25.6 Å². The van der Waals surface area contributed by atoms with Crippen LogP contribution in [0.15, 0.2) is 60.7 Å². The van der Waals surface area contributed by atoms with Crippen molar-refractivity contribution in [2.75, 3.05) is 29.2 Å². The lowest BCUT2D eigenvalue weighted by Gasteiger charge is -2.29. The van der Waals surface area contributed by atoms with Crippen molar-refractivity contribution in [1.82, 2.24) is 0 Å². The minimum absolute atomic E-state index is 0.0400. The molecule has 38 heavy (non-hydrogen) atoms. The third-order valence-electron chi connectivity index (χ3n) is 6.88. The summed E-state index contributed by atoms with van der Waals surface area (Å²) < 4.78 is 52.9. The molecule has 0 spiro atoms. The van der Waals surface area contributed by atoms with Gasteiger partial charge in [-0.1, -0.05) is 37.3 Å². The van der Waals surface area contributed by atoms with E-state index in [0.29, 0.717) is 38.8 Å². The second-order valence-corrected chi connectivity index (χ2v) is 9.20. The molecule has 1 unspecified atom stereocenters. The van der Waals surface area contributed by atoms with Gasteiger partial charge >= 0.3 is 18.1 Å². The first-order valence-corrected chi connectivity index (χ1v) is 11.8. The van der Waals surface area contributed by atoms with Crippen LogP contribution in [-0.4, -0.2) is 36.4 Å².